The van der Waals surface area contributed by atoms with Crippen molar-refractivity contribution >= 4 is 40.6 Å². The molecule has 1 aromatic heterocycles. The molecule has 1 amide bonds. The number of halogens is 1. The fourth-order valence-electron chi connectivity index (χ4n) is 2.61. The summed E-state index contributed by atoms with van der Waals surface area (Å²) in [7, 11) is 0. The average Bonchev–Trinajstić information content (AvgIpc) is 3.20. The molecule has 1 aliphatic rings. The van der Waals surface area contributed by atoms with Gasteiger partial charge in [-0.05, 0) is 46.3 Å². The Labute approximate surface area is 149 Å². The first-order valence-electron chi connectivity index (χ1n) is 7.44. The Morgan fingerprint density at radius 1 is 1.48 bits per heavy atom. The molecule has 0 spiro atoms. The summed E-state index contributed by atoms with van der Waals surface area (Å²) >= 11 is 9.72. The van der Waals surface area contributed by atoms with E-state index in [-0.39, 0.29) is 12.0 Å². The summed E-state index contributed by atoms with van der Waals surface area (Å²) in [5.74, 6) is 1.67. The quantitative estimate of drug-likeness (QED) is 0.829. The van der Waals surface area contributed by atoms with Crippen LogP contribution < -0.4 is 10.1 Å². The number of carbonyl (C=O) groups excluding carboxylic acids is 1. The molecule has 1 aliphatic heterocycles. The number of thiophene rings is 1. The molecular formula is C17H18ClNO2S2. The van der Waals surface area contributed by atoms with Gasteiger partial charge in [-0.1, -0.05) is 11.6 Å². The van der Waals surface area contributed by atoms with Crippen LogP contribution in [-0.2, 0) is 11.2 Å². The summed E-state index contributed by atoms with van der Waals surface area (Å²) < 4.78 is 5.92. The van der Waals surface area contributed by atoms with Gasteiger partial charge in [0.25, 0.3) is 0 Å². The van der Waals surface area contributed by atoms with Gasteiger partial charge in [-0.3, -0.25) is 4.79 Å². The lowest BCUT2D eigenvalue weighted by molar-refractivity contribution is -0.121. The molecule has 2 aromatic rings. The van der Waals surface area contributed by atoms with Gasteiger partial charge < -0.3 is 10.1 Å². The molecule has 3 nitrogen and oxygen atoms in total. The molecule has 0 aliphatic carbocycles. The average molecular weight is 368 g/mol. The van der Waals surface area contributed by atoms with E-state index in [9.17, 15) is 4.79 Å². The number of amides is 1. The molecule has 3 rings (SSSR count). The van der Waals surface area contributed by atoms with Crippen LogP contribution in [-0.4, -0.2) is 30.6 Å². The van der Waals surface area contributed by atoms with E-state index in [1.54, 1.807) is 23.1 Å². The van der Waals surface area contributed by atoms with Crippen LogP contribution in [0.25, 0.3) is 11.1 Å². The Balaban J connectivity index is 1.64. The van der Waals surface area contributed by atoms with Gasteiger partial charge in [-0.15, -0.1) is 0 Å². The van der Waals surface area contributed by atoms with E-state index < -0.39 is 0 Å². The smallest absolute Gasteiger partial charge is 0.220 e. The summed E-state index contributed by atoms with van der Waals surface area (Å²) in [6.07, 6.45) is 3.27. The lowest BCUT2D eigenvalue weighted by Crippen LogP contribution is -2.34. The Bertz CT molecular complexity index is 688. The molecule has 122 valence electrons. The zero-order valence-corrected chi connectivity index (χ0v) is 15.2. The van der Waals surface area contributed by atoms with E-state index in [0.717, 1.165) is 29.1 Å². The third-order valence-corrected chi connectivity index (χ3v) is 5.34. The third-order valence-electron chi connectivity index (χ3n) is 3.77. The molecule has 2 heterocycles. The van der Waals surface area contributed by atoms with Crippen LogP contribution in [0.5, 0.6) is 5.75 Å². The van der Waals surface area contributed by atoms with Crippen molar-refractivity contribution in [1.29, 1.82) is 0 Å². The maximum absolute atomic E-state index is 11.7. The molecule has 6 heteroatoms. The highest BCUT2D eigenvalue weighted by Gasteiger charge is 2.26. The van der Waals surface area contributed by atoms with Gasteiger partial charge in [0.05, 0.1) is 11.6 Å². The van der Waals surface area contributed by atoms with Crippen molar-refractivity contribution in [3.63, 3.8) is 0 Å². The van der Waals surface area contributed by atoms with E-state index in [1.165, 1.54) is 5.56 Å². The van der Waals surface area contributed by atoms with E-state index in [2.05, 4.69) is 28.2 Å². The third kappa shape index (κ3) is 4.03. The minimum Gasteiger partial charge on any atom is -0.486 e. The van der Waals surface area contributed by atoms with E-state index in [1.807, 2.05) is 12.3 Å². The number of carbonyl (C=O) groups is 1. The van der Waals surface area contributed by atoms with Crippen molar-refractivity contribution in [1.82, 2.24) is 5.32 Å². The van der Waals surface area contributed by atoms with Crippen molar-refractivity contribution in [3.8, 4) is 16.9 Å². The Morgan fingerprint density at radius 3 is 3.09 bits per heavy atom. The van der Waals surface area contributed by atoms with Crippen molar-refractivity contribution in [3.05, 3.63) is 39.5 Å². The summed E-state index contributed by atoms with van der Waals surface area (Å²) in [4.78, 5) is 11.7. The highest BCUT2D eigenvalue weighted by atomic mass is 35.5. The molecule has 0 saturated heterocycles. The summed E-state index contributed by atoms with van der Waals surface area (Å²) in [6.45, 7) is 0.520. The van der Waals surface area contributed by atoms with Crippen LogP contribution >= 0.6 is 34.7 Å². The van der Waals surface area contributed by atoms with Crippen LogP contribution in [0.4, 0.5) is 0 Å². The van der Waals surface area contributed by atoms with Gasteiger partial charge in [0.1, 0.15) is 11.9 Å². The second-order valence-electron chi connectivity index (χ2n) is 5.45. The fraction of sp³-hybridized carbons (Fsp3) is 0.353. The molecule has 1 unspecified atom stereocenters. The molecule has 0 bridgehead atoms. The molecule has 1 atom stereocenters. The molecule has 1 aromatic carbocycles. The molecule has 0 saturated carbocycles. The van der Waals surface area contributed by atoms with E-state index in [0.29, 0.717) is 18.0 Å². The monoisotopic (exact) mass is 367 g/mol. The number of benzene rings is 1. The zero-order chi connectivity index (χ0) is 16.2. The van der Waals surface area contributed by atoms with Gasteiger partial charge >= 0.3 is 0 Å². The fourth-order valence-corrected chi connectivity index (χ4v) is 3.95. The first-order chi connectivity index (χ1) is 11.2. The largest absolute Gasteiger partial charge is 0.486 e. The molecule has 0 radical (unpaired) electrons. The Kier molecular flexibility index (Phi) is 5.51. The highest BCUT2D eigenvalue weighted by molar-refractivity contribution is 7.98. The van der Waals surface area contributed by atoms with Gasteiger partial charge in [0.15, 0.2) is 0 Å². The zero-order valence-electron chi connectivity index (χ0n) is 12.8. The second-order valence-corrected chi connectivity index (χ2v) is 7.62. The first kappa shape index (κ1) is 16.7. The van der Waals surface area contributed by atoms with Crippen LogP contribution in [0.2, 0.25) is 5.02 Å². The van der Waals surface area contributed by atoms with Crippen molar-refractivity contribution < 1.29 is 9.53 Å². The second kappa shape index (κ2) is 7.60. The number of thioether (sulfide) groups is 1. The van der Waals surface area contributed by atoms with Crippen LogP contribution in [0.1, 0.15) is 12.0 Å². The topological polar surface area (TPSA) is 38.3 Å². The summed E-state index contributed by atoms with van der Waals surface area (Å²) in [5, 5.41) is 7.74. The summed E-state index contributed by atoms with van der Waals surface area (Å²) in [5.41, 5.74) is 3.40. The lowest BCUT2D eigenvalue weighted by Gasteiger charge is -2.12. The minimum absolute atomic E-state index is 0.0431. The van der Waals surface area contributed by atoms with E-state index >= 15 is 0 Å². The number of ether oxygens (including phenoxy) is 1. The predicted octanol–water partition coefficient (Wildman–Crippen LogP) is 4.24. The SMILES string of the molecule is CSCCC(=O)NCC1Cc2cc(-c3ccsc3)cc(Cl)c2O1. The Morgan fingerprint density at radius 2 is 2.35 bits per heavy atom. The van der Waals surface area contributed by atoms with E-state index in [4.69, 9.17) is 16.3 Å². The lowest BCUT2D eigenvalue weighted by atomic mass is 10.0. The van der Waals surface area contributed by atoms with Gasteiger partial charge in [0, 0.05) is 24.2 Å². The minimum atomic E-state index is -0.0431. The van der Waals surface area contributed by atoms with Crippen molar-refractivity contribution in [2.45, 2.75) is 18.9 Å². The van der Waals surface area contributed by atoms with Crippen LogP contribution in [0.15, 0.2) is 29.0 Å². The number of hydrogen-bond donors (Lipinski definition) is 1. The van der Waals surface area contributed by atoms with Crippen molar-refractivity contribution in [2.75, 3.05) is 18.6 Å². The number of fused-ring (bicyclic) bond motifs is 1. The molecule has 1 N–H and O–H groups in total. The highest BCUT2D eigenvalue weighted by Crippen LogP contribution is 2.39. The molecule has 0 fully saturated rings. The summed E-state index contributed by atoms with van der Waals surface area (Å²) in [6, 6.07) is 6.17. The van der Waals surface area contributed by atoms with Crippen molar-refractivity contribution in [2.24, 2.45) is 0 Å². The molecular weight excluding hydrogens is 350 g/mol. The number of nitrogens with one attached hydrogen (secondary N) is 1. The van der Waals surface area contributed by atoms with Gasteiger partial charge in [0.2, 0.25) is 5.91 Å². The van der Waals surface area contributed by atoms with Crippen LogP contribution in [0, 0.1) is 0 Å². The maximum atomic E-state index is 11.7. The molecule has 23 heavy (non-hydrogen) atoms. The first-order valence-corrected chi connectivity index (χ1v) is 10.2. The number of hydrogen-bond acceptors (Lipinski definition) is 4. The van der Waals surface area contributed by atoms with Crippen LogP contribution in [0.3, 0.4) is 0 Å². The number of rotatable bonds is 6. The predicted molar refractivity (Wildman–Crippen MR) is 98.9 cm³/mol. The Hall–Kier alpha value is -1.17. The maximum Gasteiger partial charge on any atom is 0.220 e. The van der Waals surface area contributed by atoms with Gasteiger partial charge in [-0.2, -0.15) is 23.1 Å². The van der Waals surface area contributed by atoms with Gasteiger partial charge in [-0.25, -0.2) is 0 Å². The standard InChI is InChI=1S/C17H18ClNO2S2/c1-22-4-3-16(20)19-9-14-7-13-6-12(11-2-5-23-10-11)8-15(18)17(13)21-14/h2,5-6,8,10,14H,3-4,7,9H2,1H3,(H,19,20). The normalized spacial score (nSPS) is 16.0.